The largest absolute Gasteiger partial charge is 0.389 e. The third kappa shape index (κ3) is 2.30. The van der Waals surface area contributed by atoms with Gasteiger partial charge in [0.15, 0.2) is 5.78 Å². The van der Waals surface area contributed by atoms with Gasteiger partial charge in [-0.25, -0.2) is 0 Å². The van der Waals surface area contributed by atoms with Gasteiger partial charge in [0, 0.05) is 6.54 Å². The van der Waals surface area contributed by atoms with E-state index in [2.05, 4.69) is 0 Å². The van der Waals surface area contributed by atoms with Crippen LogP contribution in [0.5, 0.6) is 0 Å². The molecule has 12 heavy (non-hydrogen) atoms. The second kappa shape index (κ2) is 2.86. The van der Waals surface area contributed by atoms with Gasteiger partial charge in [-0.1, -0.05) is 0 Å². The Balaban J connectivity index is 2.54. The highest BCUT2D eigenvalue weighted by molar-refractivity contribution is 6.05. The van der Waals surface area contributed by atoms with Crippen molar-refractivity contribution < 1.29 is 14.7 Å². The van der Waals surface area contributed by atoms with Crippen molar-refractivity contribution in [2.24, 2.45) is 0 Å². The topological polar surface area (TPSA) is 57.6 Å². The quantitative estimate of drug-likeness (QED) is 0.573. The molecule has 1 fully saturated rings. The van der Waals surface area contributed by atoms with Crippen LogP contribution in [0.25, 0.3) is 0 Å². The lowest BCUT2D eigenvalue weighted by molar-refractivity contribution is -0.130. The van der Waals surface area contributed by atoms with Crippen molar-refractivity contribution in [3.63, 3.8) is 0 Å². The van der Waals surface area contributed by atoms with Crippen LogP contribution in [0, 0.1) is 0 Å². The number of amides is 1. The highest BCUT2D eigenvalue weighted by Gasteiger charge is 2.30. The highest BCUT2D eigenvalue weighted by Crippen LogP contribution is 2.11. The Morgan fingerprint density at radius 1 is 1.50 bits per heavy atom. The molecule has 1 saturated heterocycles. The number of rotatable bonds is 2. The van der Waals surface area contributed by atoms with Crippen LogP contribution >= 0.6 is 0 Å². The van der Waals surface area contributed by atoms with Crippen molar-refractivity contribution in [3.05, 3.63) is 0 Å². The third-order valence-electron chi connectivity index (χ3n) is 1.65. The molecule has 0 aliphatic carbocycles. The number of aliphatic hydroxyl groups is 1. The number of carbonyl (C=O) groups excluding carboxylic acids is 2. The number of likely N-dealkylation sites (tertiary alicyclic amines) is 1. The van der Waals surface area contributed by atoms with Gasteiger partial charge in [-0.3, -0.25) is 9.59 Å². The molecule has 0 spiro atoms. The van der Waals surface area contributed by atoms with E-state index in [4.69, 9.17) is 0 Å². The Hall–Kier alpha value is -0.900. The predicted octanol–water partition coefficient (Wildman–Crippen LogP) is -0.441. The number of ketones is 1. The fourth-order valence-corrected chi connectivity index (χ4v) is 1.25. The minimum atomic E-state index is -0.916. The Kier molecular flexibility index (Phi) is 2.19. The second-order valence-corrected chi connectivity index (χ2v) is 3.78. The summed E-state index contributed by atoms with van der Waals surface area (Å²) in [6, 6.07) is 0. The molecule has 1 heterocycles. The number of hydrogen-bond acceptors (Lipinski definition) is 3. The minimum absolute atomic E-state index is 0.00389. The molecular formula is C8H13NO3. The predicted molar refractivity (Wildman–Crippen MR) is 42.5 cm³/mol. The van der Waals surface area contributed by atoms with Gasteiger partial charge in [0.2, 0.25) is 5.91 Å². The fourth-order valence-electron chi connectivity index (χ4n) is 1.25. The SMILES string of the molecule is CC(C)(O)CN1CC(=O)CC1=O. The van der Waals surface area contributed by atoms with E-state index < -0.39 is 5.60 Å². The maximum Gasteiger partial charge on any atom is 0.230 e. The van der Waals surface area contributed by atoms with Gasteiger partial charge in [0.05, 0.1) is 18.6 Å². The lowest BCUT2D eigenvalue weighted by atomic mass is 10.1. The Morgan fingerprint density at radius 2 is 2.08 bits per heavy atom. The molecule has 1 N–H and O–H groups in total. The maximum atomic E-state index is 11.1. The van der Waals surface area contributed by atoms with E-state index in [-0.39, 0.29) is 31.2 Å². The van der Waals surface area contributed by atoms with Crippen molar-refractivity contribution >= 4 is 11.7 Å². The Morgan fingerprint density at radius 3 is 2.42 bits per heavy atom. The molecule has 0 saturated carbocycles. The van der Waals surface area contributed by atoms with E-state index in [1.165, 1.54) is 4.90 Å². The molecule has 0 aromatic carbocycles. The average Bonchev–Trinajstić information content (AvgIpc) is 2.06. The van der Waals surface area contributed by atoms with E-state index >= 15 is 0 Å². The number of Topliss-reactive ketones (excluding diaryl/α,β-unsaturated/α-hetero) is 1. The van der Waals surface area contributed by atoms with Crippen molar-refractivity contribution in [2.45, 2.75) is 25.9 Å². The van der Waals surface area contributed by atoms with Gasteiger partial charge in [-0.15, -0.1) is 0 Å². The minimum Gasteiger partial charge on any atom is -0.389 e. The molecule has 0 atom stereocenters. The summed E-state index contributed by atoms with van der Waals surface area (Å²) in [6.45, 7) is 3.62. The first-order valence-electron chi connectivity index (χ1n) is 3.90. The molecule has 1 amide bonds. The van der Waals surface area contributed by atoms with Crippen molar-refractivity contribution in [3.8, 4) is 0 Å². The highest BCUT2D eigenvalue weighted by atomic mass is 16.3. The summed E-state index contributed by atoms with van der Waals surface area (Å²) in [5, 5.41) is 9.38. The fraction of sp³-hybridized carbons (Fsp3) is 0.750. The first-order valence-corrected chi connectivity index (χ1v) is 3.90. The van der Waals surface area contributed by atoms with Gasteiger partial charge >= 0.3 is 0 Å². The number of nitrogens with zero attached hydrogens (tertiary/aromatic N) is 1. The molecule has 0 aromatic heterocycles. The monoisotopic (exact) mass is 171 g/mol. The smallest absolute Gasteiger partial charge is 0.230 e. The Bertz CT molecular complexity index is 217. The second-order valence-electron chi connectivity index (χ2n) is 3.78. The van der Waals surface area contributed by atoms with E-state index in [0.29, 0.717) is 0 Å². The third-order valence-corrected chi connectivity index (χ3v) is 1.65. The van der Waals surface area contributed by atoms with Gasteiger partial charge in [0.1, 0.15) is 0 Å². The molecule has 1 aliphatic rings. The zero-order chi connectivity index (χ0) is 9.35. The van der Waals surface area contributed by atoms with Crippen LogP contribution < -0.4 is 0 Å². The van der Waals surface area contributed by atoms with Crippen LogP contribution in [0.15, 0.2) is 0 Å². The summed E-state index contributed by atoms with van der Waals surface area (Å²) in [5.74, 6) is -0.244. The molecular weight excluding hydrogens is 158 g/mol. The number of hydrogen-bond donors (Lipinski definition) is 1. The lowest BCUT2D eigenvalue weighted by Crippen LogP contribution is -2.39. The summed E-state index contributed by atoms with van der Waals surface area (Å²) in [5.41, 5.74) is -0.916. The zero-order valence-electron chi connectivity index (χ0n) is 7.33. The van der Waals surface area contributed by atoms with Gasteiger partial charge in [0.25, 0.3) is 0 Å². The molecule has 4 heteroatoms. The first-order chi connectivity index (χ1) is 5.38. The average molecular weight is 171 g/mol. The summed E-state index contributed by atoms with van der Waals surface area (Å²) in [7, 11) is 0. The van der Waals surface area contributed by atoms with Crippen molar-refractivity contribution in [1.82, 2.24) is 4.90 Å². The maximum absolute atomic E-state index is 11.1. The summed E-state index contributed by atoms with van der Waals surface area (Å²) in [4.78, 5) is 23.3. The van der Waals surface area contributed by atoms with Crippen LogP contribution in [0.2, 0.25) is 0 Å². The number of β-amino-alcohol motifs (C(OH)–C–C–N with tert-alkyl or cyclic N) is 1. The van der Waals surface area contributed by atoms with Gasteiger partial charge in [-0.05, 0) is 13.8 Å². The van der Waals surface area contributed by atoms with Gasteiger partial charge < -0.3 is 10.0 Å². The van der Waals surface area contributed by atoms with Crippen LogP contribution in [0.1, 0.15) is 20.3 Å². The molecule has 0 radical (unpaired) electrons. The van der Waals surface area contributed by atoms with E-state index in [0.717, 1.165) is 0 Å². The molecule has 1 aliphatic heterocycles. The molecule has 0 aromatic rings. The summed E-state index contributed by atoms with van der Waals surface area (Å²) in [6.07, 6.45) is -0.00389. The van der Waals surface area contributed by atoms with E-state index in [1.807, 2.05) is 0 Å². The molecule has 0 bridgehead atoms. The molecule has 0 unspecified atom stereocenters. The van der Waals surface area contributed by atoms with Crippen molar-refractivity contribution in [1.29, 1.82) is 0 Å². The van der Waals surface area contributed by atoms with Crippen LogP contribution in [0.4, 0.5) is 0 Å². The van der Waals surface area contributed by atoms with Gasteiger partial charge in [-0.2, -0.15) is 0 Å². The zero-order valence-corrected chi connectivity index (χ0v) is 7.33. The molecule has 1 rings (SSSR count). The number of carbonyl (C=O) groups is 2. The summed E-state index contributed by atoms with van der Waals surface area (Å²) < 4.78 is 0. The summed E-state index contributed by atoms with van der Waals surface area (Å²) >= 11 is 0. The van der Waals surface area contributed by atoms with Crippen LogP contribution in [-0.2, 0) is 9.59 Å². The van der Waals surface area contributed by atoms with E-state index in [9.17, 15) is 14.7 Å². The van der Waals surface area contributed by atoms with E-state index in [1.54, 1.807) is 13.8 Å². The first kappa shape index (κ1) is 9.19. The van der Waals surface area contributed by atoms with Crippen LogP contribution in [-0.4, -0.2) is 40.4 Å². The molecule has 68 valence electrons. The standard InChI is InChI=1S/C8H13NO3/c1-8(2,12)5-9-4-6(10)3-7(9)11/h12H,3-5H2,1-2H3. The normalized spacial score (nSPS) is 19.1. The molecule has 4 nitrogen and oxygen atoms in total. The lowest BCUT2D eigenvalue weighted by Gasteiger charge is -2.24. The van der Waals surface area contributed by atoms with Crippen molar-refractivity contribution in [2.75, 3.05) is 13.1 Å². The Labute approximate surface area is 71.2 Å². The van der Waals surface area contributed by atoms with Crippen LogP contribution in [0.3, 0.4) is 0 Å².